The van der Waals surface area contributed by atoms with E-state index in [1.807, 2.05) is 19.9 Å². The molecule has 3 nitrogen and oxygen atoms in total. The predicted octanol–water partition coefficient (Wildman–Crippen LogP) is 6.30. The fourth-order valence-electron chi connectivity index (χ4n) is 3.13. The van der Waals surface area contributed by atoms with Crippen molar-refractivity contribution in [2.75, 3.05) is 11.1 Å². The lowest BCUT2D eigenvalue weighted by Gasteiger charge is -2.11. The van der Waals surface area contributed by atoms with Crippen LogP contribution in [0.15, 0.2) is 47.5 Å². The van der Waals surface area contributed by atoms with Crippen LogP contribution in [0.1, 0.15) is 28.7 Å². The number of amides is 1. The normalized spacial score (nSPS) is 11.7. The van der Waals surface area contributed by atoms with Crippen molar-refractivity contribution in [3.63, 3.8) is 0 Å². The molecule has 0 aliphatic heterocycles. The van der Waals surface area contributed by atoms with E-state index in [2.05, 4.69) is 24.4 Å². The Balaban J connectivity index is 1.62. The van der Waals surface area contributed by atoms with Crippen molar-refractivity contribution in [2.45, 2.75) is 38.4 Å². The minimum atomic E-state index is -4.44. The Kier molecular flexibility index (Phi) is 6.17. The quantitative estimate of drug-likeness (QED) is 0.495. The average Bonchev–Trinajstić information content (AvgIpc) is 2.62. The molecule has 0 saturated heterocycles. The van der Waals surface area contributed by atoms with E-state index in [1.54, 1.807) is 0 Å². The van der Waals surface area contributed by atoms with Crippen LogP contribution in [0.3, 0.4) is 0 Å². The zero-order valence-corrected chi connectivity index (χ0v) is 17.2. The molecular formula is C22H21F3N2OS. The van der Waals surface area contributed by atoms with E-state index in [0.717, 1.165) is 39.2 Å². The smallest absolute Gasteiger partial charge is 0.326 e. The highest BCUT2D eigenvalue weighted by Gasteiger charge is 2.30. The summed E-state index contributed by atoms with van der Waals surface area (Å²) in [5.41, 5.74) is 3.72. The largest absolute Gasteiger partial charge is 0.416 e. The van der Waals surface area contributed by atoms with Crippen LogP contribution in [-0.2, 0) is 11.0 Å². The molecule has 152 valence electrons. The first kappa shape index (κ1) is 21.2. The van der Waals surface area contributed by atoms with Gasteiger partial charge in [-0.2, -0.15) is 13.2 Å². The Bertz CT molecular complexity index is 1060. The zero-order chi connectivity index (χ0) is 21.2. The minimum Gasteiger partial charge on any atom is -0.326 e. The maximum atomic E-state index is 12.8. The molecule has 0 aliphatic carbocycles. The van der Waals surface area contributed by atoms with Crippen molar-refractivity contribution >= 4 is 34.3 Å². The number of carbonyl (C=O) groups is 1. The van der Waals surface area contributed by atoms with Gasteiger partial charge < -0.3 is 5.32 Å². The molecule has 1 heterocycles. The Morgan fingerprint density at radius 2 is 1.83 bits per heavy atom. The van der Waals surface area contributed by atoms with E-state index >= 15 is 0 Å². The van der Waals surface area contributed by atoms with Crippen molar-refractivity contribution in [2.24, 2.45) is 0 Å². The molecule has 1 aromatic heterocycles. The van der Waals surface area contributed by atoms with E-state index in [9.17, 15) is 18.0 Å². The van der Waals surface area contributed by atoms with E-state index in [-0.39, 0.29) is 18.0 Å². The fraction of sp³-hybridized carbons (Fsp3) is 0.273. The first-order valence-electron chi connectivity index (χ1n) is 9.12. The number of pyridine rings is 1. The molecule has 0 saturated carbocycles. The summed E-state index contributed by atoms with van der Waals surface area (Å²) >= 11 is 1.46. The van der Waals surface area contributed by atoms with Gasteiger partial charge in [0.1, 0.15) is 0 Å². The lowest BCUT2D eigenvalue weighted by molar-refractivity contribution is -0.137. The SMILES string of the molecule is Cc1cc(C)c2nc(SCCC(=O)Nc3cccc(C(F)(F)F)c3)cc(C)c2c1. The number of rotatable bonds is 5. The van der Waals surface area contributed by atoms with Crippen LogP contribution in [0.4, 0.5) is 18.9 Å². The van der Waals surface area contributed by atoms with Gasteiger partial charge in [-0.15, -0.1) is 11.8 Å². The van der Waals surface area contributed by atoms with Crippen molar-refractivity contribution in [1.29, 1.82) is 0 Å². The standard InChI is InChI=1S/C22H21F3N2OS/c1-13-9-15(3)21-18(10-13)14(2)11-20(27-21)29-8-7-19(28)26-17-6-4-5-16(12-17)22(23,24)25/h4-6,9-12H,7-8H2,1-3H3,(H,26,28). The molecule has 0 fully saturated rings. The van der Waals surface area contributed by atoms with Gasteiger partial charge in [-0.1, -0.05) is 17.7 Å². The Morgan fingerprint density at radius 1 is 1.07 bits per heavy atom. The Morgan fingerprint density at radius 3 is 2.55 bits per heavy atom. The second kappa shape index (κ2) is 8.45. The summed E-state index contributed by atoms with van der Waals surface area (Å²) in [5.74, 6) is 0.148. The van der Waals surface area contributed by atoms with Gasteiger partial charge in [0, 0.05) is 23.2 Å². The number of fused-ring (bicyclic) bond motifs is 1. The third-order valence-corrected chi connectivity index (χ3v) is 5.40. The van der Waals surface area contributed by atoms with Gasteiger partial charge in [0.05, 0.1) is 16.1 Å². The van der Waals surface area contributed by atoms with Crippen LogP contribution < -0.4 is 5.32 Å². The summed E-state index contributed by atoms with van der Waals surface area (Å²) in [6, 6.07) is 10.8. The molecule has 1 amide bonds. The predicted molar refractivity (Wildman–Crippen MR) is 111 cm³/mol. The second-order valence-corrected chi connectivity index (χ2v) is 8.10. The maximum absolute atomic E-state index is 12.8. The third-order valence-electron chi connectivity index (χ3n) is 4.48. The number of aryl methyl sites for hydroxylation is 3. The topological polar surface area (TPSA) is 42.0 Å². The highest BCUT2D eigenvalue weighted by atomic mass is 32.2. The molecule has 3 aromatic rings. The van der Waals surface area contributed by atoms with Crippen LogP contribution in [0.25, 0.3) is 10.9 Å². The number of benzene rings is 2. The average molecular weight is 418 g/mol. The fourth-order valence-corrected chi connectivity index (χ4v) is 4.05. The number of aromatic nitrogens is 1. The van der Waals surface area contributed by atoms with Gasteiger partial charge in [0.15, 0.2) is 0 Å². The maximum Gasteiger partial charge on any atom is 0.416 e. The lowest BCUT2D eigenvalue weighted by Crippen LogP contribution is -2.13. The van der Waals surface area contributed by atoms with Crippen molar-refractivity contribution in [1.82, 2.24) is 4.98 Å². The molecule has 0 radical (unpaired) electrons. The van der Waals surface area contributed by atoms with Crippen molar-refractivity contribution in [3.05, 3.63) is 64.7 Å². The monoisotopic (exact) mass is 418 g/mol. The molecule has 0 spiro atoms. The lowest BCUT2D eigenvalue weighted by atomic mass is 10.0. The van der Waals surface area contributed by atoms with Gasteiger partial charge in [-0.25, -0.2) is 4.98 Å². The molecule has 0 atom stereocenters. The first-order chi connectivity index (χ1) is 13.6. The van der Waals surface area contributed by atoms with Crippen LogP contribution in [-0.4, -0.2) is 16.6 Å². The summed E-state index contributed by atoms with van der Waals surface area (Å²) in [5, 5.41) is 4.47. The number of halogens is 3. The van der Waals surface area contributed by atoms with Crippen molar-refractivity contribution in [3.8, 4) is 0 Å². The number of carbonyl (C=O) groups excluding carboxylic acids is 1. The van der Waals surface area contributed by atoms with Gasteiger partial charge in [-0.05, 0) is 62.2 Å². The van der Waals surface area contributed by atoms with E-state index in [4.69, 9.17) is 4.98 Å². The molecule has 29 heavy (non-hydrogen) atoms. The second-order valence-electron chi connectivity index (χ2n) is 6.98. The molecular weight excluding hydrogens is 397 g/mol. The molecule has 1 N–H and O–H groups in total. The molecule has 3 rings (SSSR count). The van der Waals surface area contributed by atoms with Crippen LogP contribution in [0.5, 0.6) is 0 Å². The van der Waals surface area contributed by atoms with Gasteiger partial charge >= 0.3 is 6.18 Å². The minimum absolute atomic E-state index is 0.139. The molecule has 2 aromatic carbocycles. The number of alkyl halides is 3. The summed E-state index contributed by atoms with van der Waals surface area (Å²) in [6.45, 7) is 6.11. The highest BCUT2D eigenvalue weighted by Crippen LogP contribution is 2.31. The molecule has 0 aliphatic rings. The molecule has 0 bridgehead atoms. The van der Waals surface area contributed by atoms with Crippen molar-refractivity contribution < 1.29 is 18.0 Å². The summed E-state index contributed by atoms with van der Waals surface area (Å²) in [4.78, 5) is 16.8. The molecule has 0 unspecified atom stereocenters. The number of hydrogen-bond acceptors (Lipinski definition) is 3. The number of nitrogens with one attached hydrogen (secondary N) is 1. The third kappa shape index (κ3) is 5.29. The van der Waals surface area contributed by atoms with Crippen LogP contribution in [0.2, 0.25) is 0 Å². The van der Waals surface area contributed by atoms with E-state index in [1.165, 1.54) is 29.5 Å². The van der Waals surface area contributed by atoms with Gasteiger partial charge in [0.2, 0.25) is 5.91 Å². The number of nitrogens with zero attached hydrogens (tertiary/aromatic N) is 1. The Labute approximate surface area is 171 Å². The highest BCUT2D eigenvalue weighted by molar-refractivity contribution is 7.99. The number of anilines is 1. The summed E-state index contributed by atoms with van der Waals surface area (Å²) in [7, 11) is 0. The van der Waals surface area contributed by atoms with Gasteiger partial charge in [-0.3, -0.25) is 4.79 Å². The van der Waals surface area contributed by atoms with Gasteiger partial charge in [0.25, 0.3) is 0 Å². The summed E-state index contributed by atoms with van der Waals surface area (Å²) in [6.07, 6.45) is -4.26. The zero-order valence-electron chi connectivity index (χ0n) is 16.4. The Hall–Kier alpha value is -2.54. The number of thioether (sulfide) groups is 1. The van der Waals surface area contributed by atoms with E-state index < -0.39 is 11.7 Å². The van der Waals surface area contributed by atoms with Crippen LogP contribution >= 0.6 is 11.8 Å². The number of hydrogen-bond donors (Lipinski definition) is 1. The van der Waals surface area contributed by atoms with E-state index in [0.29, 0.717) is 5.75 Å². The van der Waals surface area contributed by atoms with Crippen LogP contribution in [0, 0.1) is 20.8 Å². The molecule has 7 heteroatoms. The first-order valence-corrected chi connectivity index (χ1v) is 10.1. The summed E-state index contributed by atoms with van der Waals surface area (Å²) < 4.78 is 38.3.